The first-order chi connectivity index (χ1) is 8.18. The second kappa shape index (κ2) is 5.21. The molecule has 0 radical (unpaired) electrons. The van der Waals surface area contributed by atoms with E-state index >= 15 is 0 Å². The molecule has 0 N–H and O–H groups in total. The summed E-state index contributed by atoms with van der Waals surface area (Å²) in [6.45, 7) is 0. The molecule has 0 bridgehead atoms. The van der Waals surface area contributed by atoms with Crippen LogP contribution in [0.4, 0.5) is 0 Å². The fourth-order valence-corrected chi connectivity index (χ4v) is 1.77. The number of halogens is 1. The van der Waals surface area contributed by atoms with Crippen LogP contribution in [0.5, 0.6) is 0 Å². The normalized spacial score (nSPS) is 9.94. The van der Waals surface area contributed by atoms with Crippen LogP contribution >= 0.6 is 23.8 Å². The summed E-state index contributed by atoms with van der Waals surface area (Å²) >= 11 is 10.5. The van der Waals surface area contributed by atoms with Crippen LogP contribution in [0, 0.1) is 0 Å². The Hall–Kier alpha value is -1.51. The highest BCUT2D eigenvalue weighted by Crippen LogP contribution is 2.12. The SMILES string of the molecule is O=C(c1ccccc1)c1ccc(C(=S)Cl)cc1. The molecule has 17 heavy (non-hydrogen) atoms. The summed E-state index contributed by atoms with van der Waals surface area (Å²) in [5.41, 5.74) is 2.06. The van der Waals surface area contributed by atoms with Crippen molar-refractivity contribution < 1.29 is 4.79 Å². The van der Waals surface area contributed by atoms with Crippen molar-refractivity contribution in [2.75, 3.05) is 0 Å². The van der Waals surface area contributed by atoms with Gasteiger partial charge in [0.25, 0.3) is 0 Å². The van der Waals surface area contributed by atoms with Gasteiger partial charge >= 0.3 is 0 Å². The number of hydrogen-bond acceptors (Lipinski definition) is 2. The maximum Gasteiger partial charge on any atom is 0.193 e. The van der Waals surface area contributed by atoms with Gasteiger partial charge in [0, 0.05) is 16.7 Å². The molecule has 0 saturated carbocycles. The molecule has 0 amide bonds. The van der Waals surface area contributed by atoms with Crippen LogP contribution in [-0.2, 0) is 0 Å². The van der Waals surface area contributed by atoms with Gasteiger partial charge in [-0.05, 0) is 0 Å². The van der Waals surface area contributed by atoms with Gasteiger partial charge in [-0.3, -0.25) is 4.79 Å². The minimum Gasteiger partial charge on any atom is -0.289 e. The average Bonchev–Trinajstić information content (AvgIpc) is 2.39. The molecule has 0 atom stereocenters. The Morgan fingerprint density at radius 3 is 1.82 bits per heavy atom. The number of ketones is 1. The van der Waals surface area contributed by atoms with Crippen molar-refractivity contribution in [2.24, 2.45) is 0 Å². The zero-order chi connectivity index (χ0) is 12.3. The van der Waals surface area contributed by atoms with E-state index in [2.05, 4.69) is 0 Å². The number of carbonyl (C=O) groups excluding carboxylic acids is 1. The maximum atomic E-state index is 12.1. The topological polar surface area (TPSA) is 17.1 Å². The van der Waals surface area contributed by atoms with E-state index in [0.717, 1.165) is 5.56 Å². The van der Waals surface area contributed by atoms with Gasteiger partial charge in [0.1, 0.15) is 4.32 Å². The third kappa shape index (κ3) is 2.78. The summed E-state index contributed by atoms with van der Waals surface area (Å²) < 4.78 is 0.309. The first kappa shape index (κ1) is 12.0. The van der Waals surface area contributed by atoms with E-state index < -0.39 is 0 Å². The Bertz CT molecular complexity index is 546. The predicted octanol–water partition coefficient (Wildman–Crippen LogP) is 3.83. The van der Waals surface area contributed by atoms with Crippen molar-refractivity contribution in [3.63, 3.8) is 0 Å². The van der Waals surface area contributed by atoms with E-state index in [1.807, 2.05) is 18.2 Å². The molecule has 2 rings (SSSR count). The van der Waals surface area contributed by atoms with E-state index in [1.54, 1.807) is 36.4 Å². The van der Waals surface area contributed by atoms with Crippen LogP contribution in [0.1, 0.15) is 21.5 Å². The summed E-state index contributed by atoms with van der Waals surface area (Å²) in [6.07, 6.45) is 0. The van der Waals surface area contributed by atoms with Gasteiger partial charge in [0.05, 0.1) is 0 Å². The third-order valence-corrected chi connectivity index (χ3v) is 2.86. The van der Waals surface area contributed by atoms with E-state index in [-0.39, 0.29) is 5.78 Å². The number of rotatable bonds is 3. The van der Waals surface area contributed by atoms with Gasteiger partial charge in [0.2, 0.25) is 0 Å². The predicted molar refractivity (Wildman–Crippen MR) is 73.9 cm³/mol. The van der Waals surface area contributed by atoms with Crippen LogP contribution in [0.15, 0.2) is 54.6 Å². The lowest BCUT2D eigenvalue weighted by molar-refractivity contribution is 0.103. The van der Waals surface area contributed by atoms with Gasteiger partial charge in [-0.2, -0.15) is 0 Å². The summed E-state index contributed by atoms with van der Waals surface area (Å²) in [4.78, 5) is 12.1. The number of thiocarbonyl (C=S) groups is 1. The first-order valence-electron chi connectivity index (χ1n) is 5.08. The van der Waals surface area contributed by atoms with Gasteiger partial charge < -0.3 is 0 Å². The fraction of sp³-hybridized carbons (Fsp3) is 0. The lowest BCUT2D eigenvalue weighted by atomic mass is 10.0. The van der Waals surface area contributed by atoms with Crippen molar-refractivity contribution in [3.8, 4) is 0 Å². The van der Waals surface area contributed by atoms with Gasteiger partial charge in [-0.1, -0.05) is 78.4 Å². The zero-order valence-corrected chi connectivity index (χ0v) is 10.5. The van der Waals surface area contributed by atoms with Gasteiger partial charge in [-0.25, -0.2) is 0 Å². The second-order valence-electron chi connectivity index (χ2n) is 3.55. The van der Waals surface area contributed by atoms with Crippen LogP contribution in [0.3, 0.4) is 0 Å². The van der Waals surface area contributed by atoms with Crippen molar-refractivity contribution in [1.82, 2.24) is 0 Å². The number of hydrogen-bond donors (Lipinski definition) is 0. The Kier molecular flexibility index (Phi) is 3.67. The third-order valence-electron chi connectivity index (χ3n) is 2.41. The number of carbonyl (C=O) groups is 1. The molecule has 84 valence electrons. The standard InChI is InChI=1S/C14H9ClOS/c15-14(17)12-8-6-11(7-9-12)13(16)10-4-2-1-3-5-10/h1-9H. The molecule has 0 aromatic heterocycles. The average molecular weight is 261 g/mol. The highest BCUT2D eigenvalue weighted by Gasteiger charge is 2.08. The molecule has 0 unspecified atom stereocenters. The van der Waals surface area contributed by atoms with Gasteiger partial charge in [-0.15, -0.1) is 0 Å². The fourth-order valence-electron chi connectivity index (χ4n) is 1.51. The van der Waals surface area contributed by atoms with E-state index in [0.29, 0.717) is 15.5 Å². The molecule has 0 spiro atoms. The van der Waals surface area contributed by atoms with Crippen LogP contribution in [0.2, 0.25) is 0 Å². The highest BCUT2D eigenvalue weighted by molar-refractivity contribution is 7.83. The highest BCUT2D eigenvalue weighted by atomic mass is 35.5. The molecular weight excluding hydrogens is 252 g/mol. The molecule has 1 nitrogen and oxygen atoms in total. The van der Waals surface area contributed by atoms with E-state index in [1.165, 1.54) is 0 Å². The molecular formula is C14H9ClOS. The molecule has 0 saturated heterocycles. The van der Waals surface area contributed by atoms with Crippen LogP contribution in [0.25, 0.3) is 0 Å². The second-order valence-corrected chi connectivity index (χ2v) is 4.56. The van der Waals surface area contributed by atoms with Crippen LogP contribution < -0.4 is 0 Å². The summed E-state index contributed by atoms with van der Waals surface area (Å²) in [6, 6.07) is 16.1. The minimum absolute atomic E-state index is 0.00218. The summed E-state index contributed by atoms with van der Waals surface area (Å²) in [7, 11) is 0. The van der Waals surface area contributed by atoms with Gasteiger partial charge in [0.15, 0.2) is 5.78 Å². The molecule has 0 fully saturated rings. The first-order valence-corrected chi connectivity index (χ1v) is 5.87. The Labute approximate surface area is 110 Å². The quantitative estimate of drug-likeness (QED) is 0.474. The number of benzene rings is 2. The van der Waals surface area contributed by atoms with Crippen molar-refractivity contribution in [1.29, 1.82) is 0 Å². The Morgan fingerprint density at radius 2 is 1.29 bits per heavy atom. The lowest BCUT2D eigenvalue weighted by Crippen LogP contribution is -2.01. The zero-order valence-electron chi connectivity index (χ0n) is 8.89. The molecule has 0 aliphatic rings. The smallest absolute Gasteiger partial charge is 0.193 e. The van der Waals surface area contributed by atoms with Crippen LogP contribution in [-0.4, -0.2) is 10.1 Å². The van der Waals surface area contributed by atoms with Crippen molar-refractivity contribution >= 4 is 33.9 Å². The molecule has 2 aromatic carbocycles. The van der Waals surface area contributed by atoms with E-state index in [4.69, 9.17) is 23.8 Å². The van der Waals surface area contributed by atoms with Crippen molar-refractivity contribution in [2.45, 2.75) is 0 Å². The Balaban J connectivity index is 2.30. The molecule has 0 aliphatic heterocycles. The molecule has 3 heteroatoms. The van der Waals surface area contributed by atoms with Crippen molar-refractivity contribution in [3.05, 3.63) is 71.3 Å². The van der Waals surface area contributed by atoms with E-state index in [9.17, 15) is 4.79 Å². The maximum absolute atomic E-state index is 12.1. The summed E-state index contributed by atoms with van der Waals surface area (Å²) in [5.74, 6) is -0.00218. The lowest BCUT2D eigenvalue weighted by Gasteiger charge is -2.02. The summed E-state index contributed by atoms with van der Waals surface area (Å²) in [5, 5.41) is 0. The molecule has 0 heterocycles. The molecule has 0 aliphatic carbocycles. The largest absolute Gasteiger partial charge is 0.289 e. The molecule has 2 aromatic rings. The Morgan fingerprint density at radius 1 is 0.824 bits per heavy atom. The monoisotopic (exact) mass is 260 g/mol. The minimum atomic E-state index is -0.00218.